The number of amides is 1. The number of rotatable bonds is 5. The predicted molar refractivity (Wildman–Crippen MR) is 87.2 cm³/mol. The van der Waals surface area contributed by atoms with Crippen LogP contribution in [-0.4, -0.2) is 46.9 Å². The average molecular weight is 315 g/mol. The summed E-state index contributed by atoms with van der Waals surface area (Å²) in [6, 6.07) is 7.28. The molecule has 1 aromatic carbocycles. The van der Waals surface area contributed by atoms with Crippen LogP contribution >= 0.6 is 0 Å². The lowest BCUT2D eigenvalue weighted by Gasteiger charge is -2.23. The summed E-state index contributed by atoms with van der Waals surface area (Å²) in [6.45, 7) is 4.70. The molecule has 23 heavy (non-hydrogen) atoms. The van der Waals surface area contributed by atoms with Crippen molar-refractivity contribution in [1.82, 2.24) is 14.7 Å². The Kier molecular flexibility index (Phi) is 4.71. The van der Waals surface area contributed by atoms with Crippen LogP contribution in [0.4, 0.5) is 0 Å². The van der Waals surface area contributed by atoms with E-state index in [-0.39, 0.29) is 18.0 Å². The van der Waals surface area contributed by atoms with Crippen molar-refractivity contribution < 1.29 is 9.53 Å². The summed E-state index contributed by atoms with van der Waals surface area (Å²) in [5, 5.41) is 5.50. The first-order valence-corrected chi connectivity index (χ1v) is 7.99. The van der Waals surface area contributed by atoms with Gasteiger partial charge in [0.15, 0.2) is 0 Å². The Labute approximate surface area is 134 Å². The van der Waals surface area contributed by atoms with Crippen molar-refractivity contribution in [2.24, 2.45) is 5.92 Å². The molecule has 1 aliphatic heterocycles. The minimum absolute atomic E-state index is 0.0227. The number of aromatic nitrogens is 2. The van der Waals surface area contributed by atoms with Gasteiger partial charge in [0, 0.05) is 31.0 Å². The second-order valence-electron chi connectivity index (χ2n) is 5.86. The Morgan fingerprint density at radius 1 is 1.43 bits per heavy atom. The number of hydrogen-bond donors (Lipinski definition) is 0. The third kappa shape index (κ3) is 3.42. The summed E-state index contributed by atoms with van der Waals surface area (Å²) < 4.78 is 6.61. The van der Waals surface area contributed by atoms with Gasteiger partial charge < -0.3 is 9.64 Å². The van der Waals surface area contributed by atoms with Crippen molar-refractivity contribution in [2.75, 3.05) is 26.3 Å². The summed E-state index contributed by atoms with van der Waals surface area (Å²) in [7, 11) is 0. The zero-order valence-electron chi connectivity index (χ0n) is 13.3. The molecule has 3 rings (SSSR count). The number of hydrogen-bond acceptors (Lipinski definition) is 4. The van der Waals surface area contributed by atoms with Crippen molar-refractivity contribution in [3.63, 3.8) is 0 Å². The van der Waals surface area contributed by atoms with Crippen LogP contribution in [0.15, 0.2) is 35.3 Å². The second-order valence-corrected chi connectivity index (χ2v) is 5.86. The summed E-state index contributed by atoms with van der Waals surface area (Å²) in [6.07, 6.45) is 2.61. The third-order valence-electron chi connectivity index (χ3n) is 4.28. The highest BCUT2D eigenvalue weighted by Crippen LogP contribution is 2.14. The van der Waals surface area contributed by atoms with E-state index in [1.807, 2.05) is 25.1 Å². The zero-order valence-corrected chi connectivity index (χ0v) is 13.3. The lowest BCUT2D eigenvalue weighted by atomic mass is 10.1. The van der Waals surface area contributed by atoms with Gasteiger partial charge in [-0.05, 0) is 19.4 Å². The fourth-order valence-corrected chi connectivity index (χ4v) is 2.91. The van der Waals surface area contributed by atoms with Crippen LogP contribution in [0.2, 0.25) is 0 Å². The van der Waals surface area contributed by atoms with Crippen LogP contribution in [0.3, 0.4) is 0 Å². The van der Waals surface area contributed by atoms with Crippen molar-refractivity contribution in [2.45, 2.75) is 19.9 Å². The van der Waals surface area contributed by atoms with E-state index in [0.717, 1.165) is 18.4 Å². The number of nitrogens with zero attached hydrogens (tertiary/aromatic N) is 3. The molecule has 1 saturated heterocycles. The van der Waals surface area contributed by atoms with Crippen LogP contribution in [0.1, 0.15) is 13.3 Å². The lowest BCUT2D eigenvalue weighted by Crippen LogP contribution is -2.40. The molecule has 1 atom stereocenters. The van der Waals surface area contributed by atoms with Crippen molar-refractivity contribution in [1.29, 1.82) is 0 Å². The number of fused-ring (bicyclic) bond motifs is 1. The van der Waals surface area contributed by atoms with Crippen LogP contribution in [0.5, 0.6) is 0 Å². The van der Waals surface area contributed by atoms with Gasteiger partial charge in [-0.2, -0.15) is 5.10 Å². The first kappa shape index (κ1) is 15.7. The predicted octanol–water partition coefficient (Wildman–Crippen LogP) is 1.28. The number of likely N-dealkylation sites (N-methyl/N-ethyl adjacent to an activating group) is 1. The Morgan fingerprint density at radius 2 is 2.26 bits per heavy atom. The Bertz CT molecular complexity index is 750. The van der Waals surface area contributed by atoms with E-state index < -0.39 is 0 Å². The summed E-state index contributed by atoms with van der Waals surface area (Å²) >= 11 is 0. The monoisotopic (exact) mass is 315 g/mol. The van der Waals surface area contributed by atoms with Gasteiger partial charge in [0.25, 0.3) is 5.56 Å². The summed E-state index contributed by atoms with van der Waals surface area (Å²) in [5.74, 6) is 0.310. The Hall–Kier alpha value is -2.21. The lowest BCUT2D eigenvalue weighted by molar-refractivity contribution is -0.132. The van der Waals surface area contributed by atoms with Crippen LogP contribution in [-0.2, 0) is 16.1 Å². The molecule has 6 nitrogen and oxygen atoms in total. The van der Waals surface area contributed by atoms with Crippen molar-refractivity contribution in [3.05, 3.63) is 40.8 Å². The molecule has 0 spiro atoms. The van der Waals surface area contributed by atoms with E-state index in [1.54, 1.807) is 17.2 Å². The molecule has 0 N–H and O–H groups in total. The Morgan fingerprint density at radius 3 is 3.00 bits per heavy atom. The van der Waals surface area contributed by atoms with E-state index in [4.69, 9.17) is 4.74 Å². The van der Waals surface area contributed by atoms with Gasteiger partial charge in [-0.25, -0.2) is 4.68 Å². The number of carbonyl (C=O) groups is 1. The second kappa shape index (κ2) is 6.91. The van der Waals surface area contributed by atoms with Crippen molar-refractivity contribution >= 4 is 16.7 Å². The van der Waals surface area contributed by atoms with Gasteiger partial charge in [0.05, 0.1) is 18.2 Å². The quantitative estimate of drug-likeness (QED) is 0.834. The van der Waals surface area contributed by atoms with Crippen LogP contribution < -0.4 is 5.56 Å². The fraction of sp³-hybridized carbons (Fsp3) is 0.471. The first-order valence-electron chi connectivity index (χ1n) is 7.99. The first-order chi connectivity index (χ1) is 11.2. The van der Waals surface area contributed by atoms with Gasteiger partial charge in [0.2, 0.25) is 5.91 Å². The molecular weight excluding hydrogens is 294 g/mol. The van der Waals surface area contributed by atoms with Gasteiger partial charge in [0.1, 0.15) is 6.54 Å². The summed E-state index contributed by atoms with van der Waals surface area (Å²) in [5.41, 5.74) is -0.225. The molecule has 6 heteroatoms. The molecule has 1 fully saturated rings. The standard InChI is InChI=1S/C17H21N3O3/c1-2-19(10-13-7-8-23-12-13)16(21)11-20-17(22)15-6-4-3-5-14(15)9-18-20/h3-6,9,13H,2,7-8,10-12H2,1H3/t13-/m0/s1. The SMILES string of the molecule is CCN(C[C@@H]1CCOC1)C(=O)Cn1ncc2ccccc2c1=O. The molecule has 1 aliphatic rings. The zero-order chi connectivity index (χ0) is 16.2. The molecule has 1 amide bonds. The van der Waals surface area contributed by atoms with E-state index in [0.29, 0.717) is 31.0 Å². The number of benzene rings is 1. The minimum Gasteiger partial charge on any atom is -0.381 e. The van der Waals surface area contributed by atoms with Gasteiger partial charge in [-0.3, -0.25) is 9.59 Å². The highest BCUT2D eigenvalue weighted by atomic mass is 16.5. The minimum atomic E-state index is -0.225. The molecule has 1 aromatic heterocycles. The molecule has 0 unspecified atom stereocenters. The molecule has 2 aromatic rings. The highest BCUT2D eigenvalue weighted by Gasteiger charge is 2.22. The number of carbonyl (C=O) groups excluding carboxylic acids is 1. The van der Waals surface area contributed by atoms with Gasteiger partial charge in [-0.1, -0.05) is 18.2 Å². The van der Waals surface area contributed by atoms with Crippen LogP contribution in [0, 0.1) is 5.92 Å². The van der Waals surface area contributed by atoms with Gasteiger partial charge >= 0.3 is 0 Å². The maximum absolute atomic E-state index is 12.5. The highest BCUT2D eigenvalue weighted by molar-refractivity contribution is 5.81. The normalized spacial score (nSPS) is 17.5. The Balaban J connectivity index is 1.76. The molecule has 0 radical (unpaired) electrons. The molecule has 122 valence electrons. The maximum atomic E-state index is 12.5. The van der Waals surface area contributed by atoms with E-state index in [2.05, 4.69) is 5.10 Å². The van der Waals surface area contributed by atoms with E-state index in [1.165, 1.54) is 4.68 Å². The van der Waals surface area contributed by atoms with E-state index >= 15 is 0 Å². The average Bonchev–Trinajstić information content (AvgIpc) is 3.08. The van der Waals surface area contributed by atoms with Gasteiger partial charge in [-0.15, -0.1) is 0 Å². The maximum Gasteiger partial charge on any atom is 0.275 e. The topological polar surface area (TPSA) is 64.4 Å². The van der Waals surface area contributed by atoms with E-state index in [9.17, 15) is 9.59 Å². The molecule has 0 aliphatic carbocycles. The molecule has 2 heterocycles. The molecule has 0 bridgehead atoms. The molecular formula is C17H21N3O3. The van der Waals surface area contributed by atoms with Crippen molar-refractivity contribution in [3.8, 4) is 0 Å². The summed E-state index contributed by atoms with van der Waals surface area (Å²) in [4.78, 5) is 26.7. The fourth-order valence-electron chi connectivity index (χ4n) is 2.91. The number of ether oxygens (including phenoxy) is 1. The largest absolute Gasteiger partial charge is 0.381 e. The van der Waals surface area contributed by atoms with Crippen LogP contribution in [0.25, 0.3) is 10.8 Å². The molecule has 0 saturated carbocycles. The third-order valence-corrected chi connectivity index (χ3v) is 4.28. The smallest absolute Gasteiger partial charge is 0.275 e.